The van der Waals surface area contributed by atoms with Crippen LogP contribution in [0.2, 0.25) is 0 Å². The molecule has 1 saturated heterocycles. The zero-order valence-corrected chi connectivity index (χ0v) is 18.5. The van der Waals surface area contributed by atoms with E-state index in [-0.39, 0.29) is 29.9 Å². The highest BCUT2D eigenvalue weighted by Gasteiger charge is 2.41. The number of carbonyl (C=O) groups excluding carboxylic acids is 4. The predicted molar refractivity (Wildman–Crippen MR) is 111 cm³/mol. The molecule has 1 aromatic rings. The molecule has 31 heavy (non-hydrogen) atoms. The molecule has 170 valence electrons. The number of hydrogen-bond donors (Lipinski definition) is 1. The summed E-state index contributed by atoms with van der Waals surface area (Å²) in [6.07, 6.45) is 4.72. The third-order valence-electron chi connectivity index (χ3n) is 5.19. The van der Waals surface area contributed by atoms with Gasteiger partial charge in [-0.2, -0.15) is 0 Å². The molecule has 0 saturated carbocycles. The molecule has 2 amide bonds. The summed E-state index contributed by atoms with van der Waals surface area (Å²) >= 11 is 0. The van der Waals surface area contributed by atoms with Crippen molar-refractivity contribution in [2.75, 3.05) is 20.2 Å². The number of ether oxygens (including phenoxy) is 1. The van der Waals surface area contributed by atoms with E-state index in [1.807, 2.05) is 13.8 Å². The van der Waals surface area contributed by atoms with Crippen molar-refractivity contribution in [3.8, 4) is 0 Å². The number of hydrazine groups is 1. The van der Waals surface area contributed by atoms with Crippen LogP contribution in [0.3, 0.4) is 0 Å². The second kappa shape index (κ2) is 11.5. The van der Waals surface area contributed by atoms with E-state index >= 15 is 0 Å². The minimum Gasteiger partial charge on any atom is -0.458 e. The van der Waals surface area contributed by atoms with Gasteiger partial charge in [0.05, 0.1) is 12.5 Å². The average molecular weight is 434 g/mol. The molecule has 1 fully saturated rings. The minimum atomic E-state index is -0.765. The second-order valence-corrected chi connectivity index (χ2v) is 7.75. The summed E-state index contributed by atoms with van der Waals surface area (Å²) in [6.45, 7) is 5.45. The molecule has 0 aromatic carbocycles. The first-order valence-corrected chi connectivity index (χ1v) is 10.5. The van der Waals surface area contributed by atoms with Crippen molar-refractivity contribution < 1.29 is 23.9 Å². The highest BCUT2D eigenvalue weighted by Crippen LogP contribution is 2.23. The van der Waals surface area contributed by atoms with Gasteiger partial charge in [0.15, 0.2) is 12.4 Å². The van der Waals surface area contributed by atoms with Crippen molar-refractivity contribution in [3.63, 3.8) is 0 Å². The van der Waals surface area contributed by atoms with Gasteiger partial charge in [0.1, 0.15) is 11.9 Å². The topological polar surface area (TPSA) is 122 Å². The monoisotopic (exact) mass is 433 g/mol. The SMILES string of the molecule is CCCN(C)N(C(C)=O)C1CC(C)C(C(=O)COC(=O)CCc2ncccn2)NC1=O. The Labute approximate surface area is 182 Å². The zero-order valence-electron chi connectivity index (χ0n) is 18.5. The summed E-state index contributed by atoms with van der Waals surface area (Å²) in [7, 11) is 1.76. The average Bonchev–Trinajstić information content (AvgIpc) is 2.73. The molecule has 2 heterocycles. The minimum absolute atomic E-state index is 0.0588. The van der Waals surface area contributed by atoms with Crippen LogP contribution in [0, 0.1) is 5.92 Å². The highest BCUT2D eigenvalue weighted by molar-refractivity contribution is 5.95. The van der Waals surface area contributed by atoms with Crippen LogP contribution in [0.15, 0.2) is 18.5 Å². The molecule has 10 nitrogen and oxygen atoms in total. The smallest absolute Gasteiger partial charge is 0.306 e. The first kappa shape index (κ1) is 24.4. The summed E-state index contributed by atoms with van der Waals surface area (Å²) < 4.78 is 5.08. The lowest BCUT2D eigenvalue weighted by atomic mass is 9.86. The molecule has 0 aliphatic carbocycles. The van der Waals surface area contributed by atoms with Crippen molar-refractivity contribution in [1.82, 2.24) is 25.3 Å². The number of esters is 1. The molecular formula is C21H31N5O5. The third kappa shape index (κ3) is 6.81. The third-order valence-corrected chi connectivity index (χ3v) is 5.19. The van der Waals surface area contributed by atoms with Crippen LogP contribution in [0.4, 0.5) is 0 Å². The number of carbonyl (C=O) groups is 4. The molecule has 1 aromatic heterocycles. The summed E-state index contributed by atoms with van der Waals surface area (Å²) in [5.41, 5.74) is 0. The van der Waals surface area contributed by atoms with Gasteiger partial charge in [-0.25, -0.2) is 15.0 Å². The van der Waals surface area contributed by atoms with Crippen LogP contribution in [0.1, 0.15) is 45.9 Å². The van der Waals surface area contributed by atoms with Gasteiger partial charge in [0, 0.05) is 39.3 Å². The number of aromatic nitrogens is 2. The van der Waals surface area contributed by atoms with Crippen LogP contribution in [-0.4, -0.2) is 75.8 Å². The van der Waals surface area contributed by atoms with Gasteiger partial charge < -0.3 is 10.1 Å². The highest BCUT2D eigenvalue weighted by atomic mass is 16.5. The fourth-order valence-electron chi connectivity index (χ4n) is 3.71. The molecular weight excluding hydrogens is 402 g/mol. The number of hydrogen-bond acceptors (Lipinski definition) is 8. The van der Waals surface area contributed by atoms with Gasteiger partial charge in [-0.15, -0.1) is 0 Å². The van der Waals surface area contributed by atoms with E-state index in [0.717, 1.165) is 6.42 Å². The van der Waals surface area contributed by atoms with Crippen molar-refractivity contribution in [2.24, 2.45) is 5.92 Å². The number of rotatable bonds is 10. The Morgan fingerprint density at radius 3 is 2.55 bits per heavy atom. The van der Waals surface area contributed by atoms with Gasteiger partial charge in [0.2, 0.25) is 11.8 Å². The van der Waals surface area contributed by atoms with Crippen LogP contribution in [-0.2, 0) is 30.3 Å². The van der Waals surface area contributed by atoms with E-state index in [4.69, 9.17) is 4.74 Å². The molecule has 3 atom stereocenters. The van der Waals surface area contributed by atoms with Gasteiger partial charge in [-0.3, -0.25) is 24.2 Å². The number of ketones is 1. The molecule has 2 rings (SSSR count). The largest absolute Gasteiger partial charge is 0.458 e. The second-order valence-electron chi connectivity index (χ2n) is 7.75. The molecule has 1 aliphatic heterocycles. The van der Waals surface area contributed by atoms with E-state index in [9.17, 15) is 19.2 Å². The Bertz CT molecular complexity index is 788. The van der Waals surface area contributed by atoms with Crippen LogP contribution in [0.25, 0.3) is 0 Å². The number of aryl methyl sites for hydroxylation is 1. The molecule has 3 unspecified atom stereocenters. The van der Waals surface area contributed by atoms with Crippen molar-refractivity contribution in [2.45, 2.75) is 58.5 Å². The number of nitrogens with one attached hydrogen (secondary N) is 1. The predicted octanol–water partition coefficient (Wildman–Crippen LogP) is 0.520. The summed E-state index contributed by atoms with van der Waals surface area (Å²) in [4.78, 5) is 57.4. The first-order chi connectivity index (χ1) is 14.7. The van der Waals surface area contributed by atoms with Gasteiger partial charge in [-0.1, -0.05) is 13.8 Å². The van der Waals surface area contributed by atoms with Crippen molar-refractivity contribution >= 4 is 23.6 Å². The molecule has 1 N–H and O–H groups in total. The number of nitrogens with zero attached hydrogens (tertiary/aromatic N) is 4. The van der Waals surface area contributed by atoms with Gasteiger partial charge in [-0.05, 0) is 24.8 Å². The van der Waals surface area contributed by atoms with Crippen LogP contribution >= 0.6 is 0 Å². The Kier molecular flexibility index (Phi) is 9.04. The maximum atomic E-state index is 12.7. The maximum Gasteiger partial charge on any atom is 0.306 e. The zero-order chi connectivity index (χ0) is 23.0. The molecule has 0 radical (unpaired) electrons. The van der Waals surface area contributed by atoms with E-state index in [1.54, 1.807) is 30.5 Å². The van der Waals surface area contributed by atoms with Crippen LogP contribution < -0.4 is 5.32 Å². The van der Waals surface area contributed by atoms with Crippen LogP contribution in [0.5, 0.6) is 0 Å². The Morgan fingerprint density at radius 1 is 1.26 bits per heavy atom. The molecule has 1 aliphatic rings. The van der Waals surface area contributed by atoms with E-state index in [2.05, 4.69) is 15.3 Å². The lowest BCUT2D eigenvalue weighted by Gasteiger charge is -2.42. The number of piperidine rings is 1. The lowest BCUT2D eigenvalue weighted by molar-refractivity contribution is -0.162. The number of amides is 2. The molecule has 10 heteroatoms. The quantitative estimate of drug-likeness (QED) is 0.419. The van der Waals surface area contributed by atoms with Crippen molar-refractivity contribution in [3.05, 3.63) is 24.3 Å². The lowest BCUT2D eigenvalue weighted by Crippen LogP contribution is -2.63. The normalized spacial score (nSPS) is 20.8. The molecule has 0 bridgehead atoms. The van der Waals surface area contributed by atoms with Gasteiger partial charge in [0.25, 0.3) is 0 Å². The Balaban J connectivity index is 1.88. The van der Waals surface area contributed by atoms with E-state index in [1.165, 1.54) is 11.9 Å². The van der Waals surface area contributed by atoms with Gasteiger partial charge >= 0.3 is 5.97 Å². The summed E-state index contributed by atoms with van der Waals surface area (Å²) in [6, 6.07) is 0.239. The van der Waals surface area contributed by atoms with Crippen molar-refractivity contribution in [1.29, 1.82) is 0 Å². The molecule has 0 spiro atoms. The summed E-state index contributed by atoms with van der Waals surface area (Å²) in [5.74, 6) is -1.22. The summed E-state index contributed by atoms with van der Waals surface area (Å²) in [5, 5.41) is 5.89. The first-order valence-electron chi connectivity index (χ1n) is 10.5. The van der Waals surface area contributed by atoms with E-state index < -0.39 is 24.7 Å². The number of Topliss-reactive ketones (excluding diaryl/α,β-unsaturated/α-hetero) is 1. The Morgan fingerprint density at radius 2 is 1.94 bits per heavy atom. The van der Waals surface area contributed by atoms with E-state index in [0.29, 0.717) is 25.2 Å². The maximum absolute atomic E-state index is 12.7. The fourth-order valence-corrected chi connectivity index (χ4v) is 3.71. The fraction of sp³-hybridized carbons (Fsp3) is 0.619. The Hall–Kier alpha value is -2.88. The standard InChI is InChI=1S/C21H31N5O5/c1-5-11-25(4)26(15(3)27)16-12-14(2)20(24-21(16)30)17(28)13-31-19(29)8-7-18-22-9-6-10-23-18/h6,9-10,14,16,20H,5,7-8,11-13H2,1-4H3,(H,24,30).